The van der Waals surface area contributed by atoms with Gasteiger partial charge in [-0.05, 0) is 38.0 Å². The van der Waals surface area contributed by atoms with E-state index in [1.807, 2.05) is 6.92 Å². The lowest BCUT2D eigenvalue weighted by Gasteiger charge is -2.50. The van der Waals surface area contributed by atoms with Crippen LogP contribution in [0.2, 0.25) is 0 Å². The summed E-state index contributed by atoms with van der Waals surface area (Å²) in [6, 6.07) is 0. The third-order valence-electron chi connectivity index (χ3n) is 4.67. The van der Waals surface area contributed by atoms with Crippen molar-refractivity contribution >= 4 is 0 Å². The lowest BCUT2D eigenvalue weighted by molar-refractivity contribution is -0.460. The summed E-state index contributed by atoms with van der Waals surface area (Å²) < 4.78 is 17.0. The summed E-state index contributed by atoms with van der Waals surface area (Å²) in [5.74, 6) is 0.105. The van der Waals surface area contributed by atoms with Crippen LogP contribution in [0.15, 0.2) is 11.6 Å². The second kappa shape index (κ2) is 4.62. The molecule has 0 radical (unpaired) electrons. The smallest absolute Gasteiger partial charge is 0.279 e. The summed E-state index contributed by atoms with van der Waals surface area (Å²) in [5, 5.41) is 0. The normalized spacial score (nSPS) is 43.9. The largest absolute Gasteiger partial charge is 0.327 e. The van der Waals surface area contributed by atoms with E-state index in [2.05, 4.69) is 13.0 Å². The van der Waals surface area contributed by atoms with Gasteiger partial charge in [-0.15, -0.1) is 0 Å². The van der Waals surface area contributed by atoms with Crippen molar-refractivity contribution in [3.63, 3.8) is 0 Å². The summed E-state index contributed by atoms with van der Waals surface area (Å²) in [6.45, 7) is 6.55. The van der Waals surface area contributed by atoms with Crippen LogP contribution in [0, 0.1) is 11.3 Å². The molecule has 3 heteroatoms. The van der Waals surface area contributed by atoms with E-state index in [1.165, 1.54) is 25.7 Å². The summed E-state index contributed by atoms with van der Waals surface area (Å²) in [4.78, 5) is 0. The fourth-order valence-electron chi connectivity index (χ4n) is 2.99. The second-order valence-electron chi connectivity index (χ2n) is 6.47. The van der Waals surface area contributed by atoms with Crippen molar-refractivity contribution in [3.05, 3.63) is 11.6 Å². The third-order valence-corrected chi connectivity index (χ3v) is 4.67. The minimum Gasteiger partial charge on any atom is -0.327 e. The number of hydrogen-bond acceptors (Lipinski definition) is 3. The Morgan fingerprint density at radius 1 is 1.22 bits per heavy atom. The van der Waals surface area contributed by atoms with E-state index in [9.17, 15) is 0 Å². The van der Waals surface area contributed by atoms with Gasteiger partial charge in [-0.3, -0.25) is 0 Å². The highest BCUT2D eigenvalue weighted by atomic mass is 16.9. The first-order chi connectivity index (χ1) is 8.59. The summed E-state index contributed by atoms with van der Waals surface area (Å²) in [7, 11) is 0. The van der Waals surface area contributed by atoms with E-state index in [0.717, 1.165) is 32.2 Å². The first-order valence-corrected chi connectivity index (χ1v) is 7.19. The van der Waals surface area contributed by atoms with Crippen LogP contribution < -0.4 is 0 Å². The molecule has 0 aromatic heterocycles. The van der Waals surface area contributed by atoms with Crippen molar-refractivity contribution in [2.24, 2.45) is 11.3 Å². The number of fused-ring (bicyclic) bond motifs is 3. The Hall–Kier alpha value is -0.380. The molecular formula is C15H24O3. The minimum atomic E-state index is -0.763. The van der Waals surface area contributed by atoms with Crippen molar-refractivity contribution in [1.29, 1.82) is 0 Å². The fourth-order valence-corrected chi connectivity index (χ4v) is 2.99. The van der Waals surface area contributed by atoms with E-state index >= 15 is 0 Å². The zero-order valence-corrected chi connectivity index (χ0v) is 11.5. The van der Waals surface area contributed by atoms with Crippen LogP contribution in [0.25, 0.3) is 0 Å². The lowest BCUT2D eigenvalue weighted by Crippen LogP contribution is -2.58. The van der Waals surface area contributed by atoms with Gasteiger partial charge in [0.2, 0.25) is 0 Å². The molecule has 4 rings (SSSR count). The molecule has 1 aliphatic carbocycles. The molecule has 1 atom stereocenters. The number of rotatable bonds is 3. The average molecular weight is 252 g/mol. The summed E-state index contributed by atoms with van der Waals surface area (Å²) in [5.41, 5.74) is 1.73. The topological polar surface area (TPSA) is 27.7 Å². The van der Waals surface area contributed by atoms with Gasteiger partial charge in [0.05, 0.1) is 19.8 Å². The van der Waals surface area contributed by atoms with Crippen molar-refractivity contribution in [3.8, 4) is 0 Å². The Kier molecular flexibility index (Phi) is 3.25. The van der Waals surface area contributed by atoms with Crippen LogP contribution in [-0.2, 0) is 14.2 Å². The molecule has 18 heavy (non-hydrogen) atoms. The first kappa shape index (κ1) is 12.6. The predicted molar refractivity (Wildman–Crippen MR) is 69.0 cm³/mol. The van der Waals surface area contributed by atoms with Crippen LogP contribution in [-0.4, -0.2) is 25.8 Å². The van der Waals surface area contributed by atoms with Crippen LogP contribution in [0.4, 0.5) is 0 Å². The van der Waals surface area contributed by atoms with Crippen molar-refractivity contribution in [2.75, 3.05) is 19.8 Å². The molecule has 0 amide bonds. The highest BCUT2D eigenvalue weighted by Gasteiger charge is 2.49. The first-order valence-electron chi connectivity index (χ1n) is 7.19. The molecule has 0 aromatic carbocycles. The highest BCUT2D eigenvalue weighted by Crippen LogP contribution is 2.42. The molecule has 102 valence electrons. The lowest BCUT2D eigenvalue weighted by atomic mass is 9.80. The van der Waals surface area contributed by atoms with Gasteiger partial charge in [0, 0.05) is 12.3 Å². The van der Waals surface area contributed by atoms with Gasteiger partial charge in [0.1, 0.15) is 0 Å². The van der Waals surface area contributed by atoms with Crippen molar-refractivity contribution in [1.82, 2.24) is 0 Å². The molecule has 3 nitrogen and oxygen atoms in total. The molecule has 1 unspecified atom stereocenters. The Balaban J connectivity index is 1.54. The average Bonchev–Trinajstić information content (AvgIpc) is 2.40. The molecule has 0 saturated carbocycles. The maximum atomic E-state index is 5.66. The summed E-state index contributed by atoms with van der Waals surface area (Å²) >= 11 is 0. The van der Waals surface area contributed by atoms with E-state index in [-0.39, 0.29) is 5.41 Å². The summed E-state index contributed by atoms with van der Waals surface area (Å²) in [6.07, 6.45) is 8.63. The molecule has 2 bridgehead atoms. The maximum absolute atomic E-state index is 5.66. The Morgan fingerprint density at radius 3 is 2.44 bits per heavy atom. The molecule has 3 saturated heterocycles. The van der Waals surface area contributed by atoms with Gasteiger partial charge >= 0.3 is 0 Å². The molecule has 3 heterocycles. The Bertz CT molecular complexity index is 323. The quantitative estimate of drug-likeness (QED) is 0.722. The second-order valence-corrected chi connectivity index (χ2v) is 6.47. The number of ether oxygens (including phenoxy) is 3. The molecule has 0 aromatic rings. The van der Waals surface area contributed by atoms with Crippen LogP contribution >= 0.6 is 0 Å². The van der Waals surface area contributed by atoms with Crippen LogP contribution in [0.1, 0.15) is 46.0 Å². The van der Waals surface area contributed by atoms with Crippen molar-refractivity contribution < 1.29 is 14.2 Å². The zero-order valence-electron chi connectivity index (χ0n) is 11.5. The fraction of sp³-hybridized carbons (Fsp3) is 0.867. The van der Waals surface area contributed by atoms with Gasteiger partial charge in [0.25, 0.3) is 5.97 Å². The number of hydrogen-bond donors (Lipinski definition) is 0. The van der Waals surface area contributed by atoms with E-state index in [0.29, 0.717) is 0 Å². The Labute approximate surface area is 109 Å². The van der Waals surface area contributed by atoms with Gasteiger partial charge in [-0.25, -0.2) is 0 Å². The van der Waals surface area contributed by atoms with Crippen LogP contribution in [0.3, 0.4) is 0 Å². The van der Waals surface area contributed by atoms with Crippen LogP contribution in [0.5, 0.6) is 0 Å². The third kappa shape index (κ3) is 2.49. The Morgan fingerprint density at radius 2 is 1.89 bits per heavy atom. The van der Waals surface area contributed by atoms with Gasteiger partial charge in [-0.2, -0.15) is 0 Å². The predicted octanol–water partition coefficient (Wildman–Crippen LogP) is 3.25. The monoisotopic (exact) mass is 252 g/mol. The van der Waals surface area contributed by atoms with E-state index < -0.39 is 5.97 Å². The van der Waals surface area contributed by atoms with Gasteiger partial charge < -0.3 is 14.2 Å². The van der Waals surface area contributed by atoms with E-state index in [1.54, 1.807) is 5.57 Å². The van der Waals surface area contributed by atoms with Gasteiger partial charge in [0.15, 0.2) is 0 Å². The zero-order chi connectivity index (χ0) is 12.6. The molecule has 0 N–H and O–H groups in total. The van der Waals surface area contributed by atoms with Crippen molar-refractivity contribution in [2.45, 2.75) is 51.9 Å². The maximum Gasteiger partial charge on any atom is 0.279 e. The SMILES string of the molecule is CC1CC=C(CCC23COC(C)(OC2)OC3)CC1. The highest BCUT2D eigenvalue weighted by molar-refractivity contribution is 5.07. The standard InChI is InChI=1S/C15H24O3/c1-12-3-5-13(6-4-12)7-8-15-9-16-14(2,17-10-15)18-11-15/h5,12H,3-4,6-11H2,1-2H3. The minimum absolute atomic E-state index is 0.0989. The van der Waals surface area contributed by atoms with E-state index in [4.69, 9.17) is 14.2 Å². The molecule has 4 aliphatic rings. The molecule has 3 aliphatic heterocycles. The number of allylic oxidation sites excluding steroid dienone is 2. The molecule has 0 spiro atoms. The van der Waals surface area contributed by atoms with Gasteiger partial charge in [-0.1, -0.05) is 18.6 Å². The molecular weight excluding hydrogens is 228 g/mol. The molecule has 3 fully saturated rings.